The number of hydrogen-bond donors (Lipinski definition) is 0. The van der Waals surface area contributed by atoms with E-state index in [1.807, 2.05) is 27.7 Å². The smallest absolute Gasteiger partial charge is 0.0593 e. The molecule has 0 aromatic heterocycles. The summed E-state index contributed by atoms with van der Waals surface area (Å²) in [6.45, 7) is 33.3. The average molecular weight is 466 g/mol. The van der Waals surface area contributed by atoms with E-state index < -0.39 is 0 Å². The molecule has 0 amide bonds. The summed E-state index contributed by atoms with van der Waals surface area (Å²) in [5, 5.41) is 0. The Labute approximate surface area is 203 Å². The van der Waals surface area contributed by atoms with Crippen molar-refractivity contribution in [3.8, 4) is 0 Å². The first kappa shape index (κ1) is 35.0. The maximum Gasteiger partial charge on any atom is 0.0593 e. The number of piperidine rings is 1. The molecular formula is C25H56N3OV-. The Morgan fingerprint density at radius 2 is 1.37 bits per heavy atom. The predicted octanol–water partition coefficient (Wildman–Crippen LogP) is 5.57. The molecule has 4 nitrogen and oxygen atoms in total. The molecule has 0 unspecified atom stereocenters. The van der Waals surface area contributed by atoms with Crippen molar-refractivity contribution in [1.82, 2.24) is 14.7 Å². The summed E-state index contributed by atoms with van der Waals surface area (Å²) in [5.74, 6) is 0. The first-order valence-corrected chi connectivity index (χ1v) is 12.5. The number of rotatable bonds is 7. The number of likely N-dealkylation sites (tertiary alicyclic amines) is 1. The topological polar surface area (TPSA) is 19.0 Å². The molecule has 0 saturated carbocycles. The van der Waals surface area contributed by atoms with Crippen LogP contribution in [0.25, 0.3) is 0 Å². The second-order valence-electron chi connectivity index (χ2n) is 8.28. The van der Waals surface area contributed by atoms with Crippen LogP contribution in [0.5, 0.6) is 0 Å². The van der Waals surface area contributed by atoms with E-state index in [0.29, 0.717) is 0 Å². The van der Waals surface area contributed by atoms with E-state index in [1.54, 1.807) is 0 Å². The van der Waals surface area contributed by atoms with Gasteiger partial charge in [-0.1, -0.05) is 34.1 Å². The Hall–Kier alpha value is 0.424. The quantitative estimate of drug-likeness (QED) is 0.361. The molecule has 183 valence electrons. The van der Waals surface area contributed by atoms with Crippen LogP contribution in [0.15, 0.2) is 0 Å². The third kappa shape index (κ3) is 16.1. The van der Waals surface area contributed by atoms with Crippen molar-refractivity contribution in [2.24, 2.45) is 0 Å². The Balaban J connectivity index is -0.000000444. The zero-order valence-corrected chi connectivity index (χ0v) is 23.6. The minimum absolute atomic E-state index is 0. The number of nitrogens with zero attached hydrogens (tertiary/aromatic N) is 3. The van der Waals surface area contributed by atoms with Crippen LogP contribution < -0.4 is 0 Å². The monoisotopic (exact) mass is 465 g/mol. The molecule has 30 heavy (non-hydrogen) atoms. The van der Waals surface area contributed by atoms with Crippen molar-refractivity contribution in [2.45, 2.75) is 99.6 Å². The SMILES string of the molecule is CC.CC.CC(C)N1CCCCC1.[CH2-]CC(C)(C)N1CCN(CCOCC)CC1.[V]. The van der Waals surface area contributed by atoms with Gasteiger partial charge in [-0.15, -0.1) is 0 Å². The van der Waals surface area contributed by atoms with Crippen LogP contribution in [0.1, 0.15) is 88.0 Å². The molecular weight excluding hydrogens is 409 g/mol. The molecule has 0 N–H and O–H groups in total. The van der Waals surface area contributed by atoms with E-state index in [-0.39, 0.29) is 24.1 Å². The fraction of sp³-hybridized carbons (Fsp3) is 0.960. The minimum Gasteiger partial charge on any atom is -0.380 e. The second kappa shape index (κ2) is 22.6. The van der Waals surface area contributed by atoms with Crippen LogP contribution in [-0.4, -0.2) is 85.3 Å². The second-order valence-corrected chi connectivity index (χ2v) is 8.28. The van der Waals surface area contributed by atoms with Gasteiger partial charge in [-0.2, -0.15) is 6.42 Å². The summed E-state index contributed by atoms with van der Waals surface area (Å²) in [6.07, 6.45) is 5.26. The van der Waals surface area contributed by atoms with Gasteiger partial charge in [0.1, 0.15) is 0 Å². The first-order chi connectivity index (χ1) is 13.9. The molecule has 2 heterocycles. The van der Waals surface area contributed by atoms with Crippen LogP contribution in [0.2, 0.25) is 0 Å². The zero-order chi connectivity index (χ0) is 22.7. The Bertz CT molecular complexity index is 326. The van der Waals surface area contributed by atoms with Crippen LogP contribution in [-0.2, 0) is 23.3 Å². The molecule has 0 atom stereocenters. The number of piperazine rings is 1. The fourth-order valence-electron chi connectivity index (χ4n) is 3.51. The number of hydrogen-bond acceptors (Lipinski definition) is 4. The van der Waals surface area contributed by atoms with Gasteiger partial charge in [0, 0.05) is 63.9 Å². The van der Waals surface area contributed by atoms with E-state index in [4.69, 9.17) is 4.74 Å². The van der Waals surface area contributed by atoms with E-state index in [9.17, 15) is 0 Å². The van der Waals surface area contributed by atoms with Gasteiger partial charge < -0.3 is 16.6 Å². The van der Waals surface area contributed by atoms with Crippen molar-refractivity contribution < 1.29 is 23.3 Å². The number of ether oxygens (including phenoxy) is 1. The summed E-state index contributed by atoms with van der Waals surface area (Å²) in [4.78, 5) is 7.60. The Kier molecular flexibility index (Phi) is 26.4. The molecule has 0 aliphatic carbocycles. The van der Waals surface area contributed by atoms with Gasteiger partial charge in [0.2, 0.25) is 0 Å². The summed E-state index contributed by atoms with van der Waals surface area (Å²) in [7, 11) is 0. The van der Waals surface area contributed by atoms with Crippen LogP contribution in [0.4, 0.5) is 0 Å². The first-order valence-electron chi connectivity index (χ1n) is 12.5. The Morgan fingerprint density at radius 3 is 1.73 bits per heavy atom. The fourth-order valence-corrected chi connectivity index (χ4v) is 3.51. The molecule has 2 fully saturated rings. The molecule has 2 aliphatic heterocycles. The molecule has 0 spiro atoms. The molecule has 2 aliphatic rings. The summed E-state index contributed by atoms with van der Waals surface area (Å²) >= 11 is 0. The van der Waals surface area contributed by atoms with Crippen molar-refractivity contribution in [2.75, 3.05) is 59.0 Å². The van der Waals surface area contributed by atoms with Crippen molar-refractivity contribution in [3.63, 3.8) is 0 Å². The molecule has 2 saturated heterocycles. The summed E-state index contributed by atoms with van der Waals surface area (Å²) < 4.78 is 5.39. The third-order valence-corrected chi connectivity index (χ3v) is 5.72. The van der Waals surface area contributed by atoms with Gasteiger partial charge in [0.25, 0.3) is 0 Å². The molecule has 0 aromatic rings. The molecule has 1 radical (unpaired) electrons. The van der Waals surface area contributed by atoms with Crippen LogP contribution in [0.3, 0.4) is 0 Å². The van der Waals surface area contributed by atoms with Gasteiger partial charge in [0.15, 0.2) is 0 Å². The molecule has 5 heteroatoms. The van der Waals surface area contributed by atoms with Gasteiger partial charge >= 0.3 is 0 Å². The van der Waals surface area contributed by atoms with Gasteiger partial charge in [-0.05, 0) is 66.1 Å². The normalized spacial score (nSPS) is 18.1. The predicted molar refractivity (Wildman–Crippen MR) is 132 cm³/mol. The molecule has 2 rings (SSSR count). The van der Waals surface area contributed by atoms with Gasteiger partial charge in [-0.3, -0.25) is 9.80 Å². The van der Waals surface area contributed by atoms with Gasteiger partial charge in [0.05, 0.1) is 6.61 Å². The standard InChI is InChI=1S/C13H27N2O.C8H17N.2C2H6.V/c1-5-13(3,4)15-9-7-14(8-10-15)11-12-16-6-2;1-8(2)9-6-4-3-5-7-9;2*1-2;/h1,5-12H2,2-4H3;8H,3-7H2,1-2H3;2*1-2H3;/q-1;;;;. The zero-order valence-electron chi connectivity index (χ0n) is 22.2. The molecule has 0 bridgehead atoms. The molecule has 0 aromatic carbocycles. The van der Waals surface area contributed by atoms with E-state index in [0.717, 1.165) is 58.4 Å². The van der Waals surface area contributed by atoms with E-state index >= 15 is 0 Å². The summed E-state index contributed by atoms with van der Waals surface area (Å²) in [6, 6.07) is 0.769. The van der Waals surface area contributed by atoms with E-state index in [1.165, 1.54) is 32.4 Å². The van der Waals surface area contributed by atoms with Crippen LogP contribution in [0, 0.1) is 6.92 Å². The van der Waals surface area contributed by atoms with Crippen molar-refractivity contribution in [1.29, 1.82) is 0 Å². The van der Waals surface area contributed by atoms with Crippen LogP contribution >= 0.6 is 0 Å². The van der Waals surface area contributed by atoms with Gasteiger partial charge in [-0.25, -0.2) is 0 Å². The van der Waals surface area contributed by atoms with Crippen molar-refractivity contribution in [3.05, 3.63) is 6.92 Å². The average Bonchev–Trinajstić information content (AvgIpc) is 2.78. The maximum absolute atomic E-state index is 5.39. The minimum atomic E-state index is 0. The third-order valence-electron chi connectivity index (χ3n) is 5.72. The van der Waals surface area contributed by atoms with Crippen molar-refractivity contribution >= 4 is 0 Å². The maximum atomic E-state index is 5.39. The largest absolute Gasteiger partial charge is 0.380 e. The van der Waals surface area contributed by atoms with E-state index in [2.05, 4.69) is 56.2 Å². The Morgan fingerprint density at radius 1 is 0.867 bits per heavy atom. The summed E-state index contributed by atoms with van der Waals surface area (Å²) in [5.41, 5.74) is 0.256.